The summed E-state index contributed by atoms with van der Waals surface area (Å²) in [6, 6.07) is 14.2. The first-order valence-corrected chi connectivity index (χ1v) is 5.44. The van der Waals surface area contributed by atoms with Crippen molar-refractivity contribution in [1.29, 1.82) is 0 Å². The quantitative estimate of drug-likeness (QED) is 0.676. The molecule has 96 valence electrons. The SMILES string of the molecule is O=C(Oc1ccccc1)Oc1ccccc1C(=O)O. The number of ether oxygens (including phenoxy) is 2. The summed E-state index contributed by atoms with van der Waals surface area (Å²) in [5.74, 6) is -0.917. The van der Waals surface area contributed by atoms with Gasteiger partial charge in [-0.3, -0.25) is 0 Å². The highest BCUT2D eigenvalue weighted by Crippen LogP contribution is 2.19. The molecule has 5 nitrogen and oxygen atoms in total. The minimum atomic E-state index is -1.18. The molecule has 0 aliphatic rings. The van der Waals surface area contributed by atoms with Crippen LogP contribution < -0.4 is 9.47 Å². The molecule has 0 atom stereocenters. The van der Waals surface area contributed by atoms with Gasteiger partial charge in [-0.15, -0.1) is 0 Å². The summed E-state index contributed by atoms with van der Waals surface area (Å²) < 4.78 is 9.77. The molecule has 0 fully saturated rings. The van der Waals surface area contributed by atoms with Crippen LogP contribution in [0.3, 0.4) is 0 Å². The highest BCUT2D eigenvalue weighted by molar-refractivity contribution is 5.91. The molecule has 0 amide bonds. The van der Waals surface area contributed by atoms with E-state index in [0.29, 0.717) is 5.75 Å². The van der Waals surface area contributed by atoms with E-state index >= 15 is 0 Å². The normalized spacial score (nSPS) is 9.68. The summed E-state index contributed by atoms with van der Waals surface area (Å²) in [5, 5.41) is 8.94. The monoisotopic (exact) mass is 258 g/mol. The lowest BCUT2D eigenvalue weighted by molar-refractivity contribution is 0.0693. The van der Waals surface area contributed by atoms with Crippen LogP contribution in [0.15, 0.2) is 54.6 Å². The zero-order valence-corrected chi connectivity index (χ0v) is 9.78. The van der Waals surface area contributed by atoms with Crippen LogP contribution in [0, 0.1) is 0 Å². The van der Waals surface area contributed by atoms with Crippen LogP contribution in [0.2, 0.25) is 0 Å². The van der Waals surface area contributed by atoms with Crippen LogP contribution in [-0.2, 0) is 0 Å². The summed E-state index contributed by atoms with van der Waals surface area (Å²) in [4.78, 5) is 22.4. The Bertz CT molecular complexity index is 592. The Morgan fingerprint density at radius 3 is 2.16 bits per heavy atom. The predicted octanol–water partition coefficient (Wildman–Crippen LogP) is 2.96. The molecule has 0 spiro atoms. The molecular weight excluding hydrogens is 248 g/mol. The van der Waals surface area contributed by atoms with Gasteiger partial charge in [-0.05, 0) is 24.3 Å². The lowest BCUT2D eigenvalue weighted by atomic mass is 10.2. The maximum atomic E-state index is 11.5. The first kappa shape index (κ1) is 12.6. The number of hydrogen-bond acceptors (Lipinski definition) is 4. The molecule has 5 heteroatoms. The Balaban J connectivity index is 2.09. The van der Waals surface area contributed by atoms with Crippen molar-refractivity contribution in [3.63, 3.8) is 0 Å². The van der Waals surface area contributed by atoms with Gasteiger partial charge >= 0.3 is 12.1 Å². The van der Waals surface area contributed by atoms with Crippen LogP contribution in [0.5, 0.6) is 11.5 Å². The topological polar surface area (TPSA) is 72.8 Å². The van der Waals surface area contributed by atoms with E-state index in [1.54, 1.807) is 42.5 Å². The van der Waals surface area contributed by atoms with Gasteiger partial charge in [0.2, 0.25) is 0 Å². The third-order valence-corrected chi connectivity index (χ3v) is 2.26. The number of aromatic carboxylic acids is 1. The highest BCUT2D eigenvalue weighted by Gasteiger charge is 2.15. The largest absolute Gasteiger partial charge is 0.519 e. The number of benzene rings is 2. The molecule has 1 N–H and O–H groups in total. The second-order valence-electron chi connectivity index (χ2n) is 3.57. The van der Waals surface area contributed by atoms with E-state index < -0.39 is 12.1 Å². The molecule has 0 unspecified atom stereocenters. The Hall–Kier alpha value is -2.82. The summed E-state index contributed by atoms with van der Waals surface area (Å²) in [7, 11) is 0. The molecule has 0 bridgehead atoms. The molecule has 2 aromatic carbocycles. The summed E-state index contributed by atoms with van der Waals surface area (Å²) >= 11 is 0. The van der Waals surface area contributed by atoms with Crippen molar-refractivity contribution in [2.24, 2.45) is 0 Å². The van der Waals surface area contributed by atoms with Crippen molar-refractivity contribution in [2.75, 3.05) is 0 Å². The molecule has 0 aliphatic heterocycles. The van der Waals surface area contributed by atoms with Crippen molar-refractivity contribution < 1.29 is 24.2 Å². The van der Waals surface area contributed by atoms with E-state index in [-0.39, 0.29) is 11.3 Å². The van der Waals surface area contributed by atoms with Crippen LogP contribution in [0.25, 0.3) is 0 Å². The first-order valence-electron chi connectivity index (χ1n) is 5.44. The van der Waals surface area contributed by atoms with E-state index in [9.17, 15) is 9.59 Å². The molecule has 19 heavy (non-hydrogen) atoms. The average Bonchev–Trinajstić information content (AvgIpc) is 2.40. The zero-order valence-electron chi connectivity index (χ0n) is 9.78. The number of para-hydroxylation sites is 2. The van der Waals surface area contributed by atoms with Crippen molar-refractivity contribution in [3.8, 4) is 11.5 Å². The second kappa shape index (κ2) is 5.68. The smallest absolute Gasteiger partial charge is 0.478 e. The molecule has 2 rings (SSSR count). The molecule has 0 aliphatic carbocycles. The minimum Gasteiger partial charge on any atom is -0.478 e. The lowest BCUT2D eigenvalue weighted by Gasteiger charge is -2.07. The zero-order chi connectivity index (χ0) is 13.7. The van der Waals surface area contributed by atoms with Gasteiger partial charge in [-0.25, -0.2) is 9.59 Å². The van der Waals surface area contributed by atoms with Crippen molar-refractivity contribution >= 4 is 12.1 Å². The van der Waals surface area contributed by atoms with Gasteiger partial charge in [0, 0.05) is 0 Å². The molecule has 0 radical (unpaired) electrons. The second-order valence-corrected chi connectivity index (χ2v) is 3.57. The number of carboxylic acid groups (broad SMARTS) is 1. The van der Waals surface area contributed by atoms with Crippen molar-refractivity contribution in [3.05, 3.63) is 60.2 Å². The van der Waals surface area contributed by atoms with E-state index in [4.69, 9.17) is 14.6 Å². The average molecular weight is 258 g/mol. The van der Waals surface area contributed by atoms with Gasteiger partial charge in [0.25, 0.3) is 0 Å². The van der Waals surface area contributed by atoms with Gasteiger partial charge in [-0.1, -0.05) is 30.3 Å². The fourth-order valence-corrected chi connectivity index (χ4v) is 1.43. The van der Waals surface area contributed by atoms with Gasteiger partial charge in [-0.2, -0.15) is 0 Å². The molecule has 2 aromatic rings. The highest BCUT2D eigenvalue weighted by atomic mass is 16.7. The van der Waals surface area contributed by atoms with Crippen LogP contribution in [0.1, 0.15) is 10.4 Å². The van der Waals surface area contributed by atoms with Gasteiger partial charge in [0.05, 0.1) is 0 Å². The van der Waals surface area contributed by atoms with Crippen LogP contribution in [0.4, 0.5) is 4.79 Å². The van der Waals surface area contributed by atoms with E-state index in [2.05, 4.69) is 0 Å². The predicted molar refractivity (Wildman–Crippen MR) is 66.5 cm³/mol. The fourth-order valence-electron chi connectivity index (χ4n) is 1.43. The van der Waals surface area contributed by atoms with Crippen molar-refractivity contribution in [2.45, 2.75) is 0 Å². The number of carbonyl (C=O) groups is 2. The standard InChI is InChI=1S/C14H10O5/c15-13(16)11-8-4-5-9-12(11)19-14(17)18-10-6-2-1-3-7-10/h1-9H,(H,15,16). The molecular formula is C14H10O5. The van der Waals surface area contributed by atoms with Crippen molar-refractivity contribution in [1.82, 2.24) is 0 Å². The Morgan fingerprint density at radius 1 is 0.842 bits per heavy atom. The fraction of sp³-hybridized carbons (Fsp3) is 0. The Labute approximate surface area is 109 Å². The molecule has 0 saturated carbocycles. The number of carbonyl (C=O) groups excluding carboxylic acids is 1. The Morgan fingerprint density at radius 2 is 1.47 bits per heavy atom. The van der Waals surface area contributed by atoms with E-state index in [1.165, 1.54) is 12.1 Å². The minimum absolute atomic E-state index is 0.0593. The molecule has 0 saturated heterocycles. The third kappa shape index (κ3) is 3.32. The number of hydrogen-bond donors (Lipinski definition) is 1. The molecule has 0 heterocycles. The van der Waals surface area contributed by atoms with Gasteiger partial charge in [0.15, 0.2) is 0 Å². The summed E-state index contributed by atoms with van der Waals surface area (Å²) in [6.45, 7) is 0. The van der Waals surface area contributed by atoms with Gasteiger partial charge in [0.1, 0.15) is 17.1 Å². The van der Waals surface area contributed by atoms with Gasteiger partial charge < -0.3 is 14.6 Å². The van der Waals surface area contributed by atoms with Crippen LogP contribution in [-0.4, -0.2) is 17.2 Å². The third-order valence-electron chi connectivity index (χ3n) is 2.26. The van der Waals surface area contributed by atoms with Crippen LogP contribution >= 0.6 is 0 Å². The van der Waals surface area contributed by atoms with E-state index in [0.717, 1.165) is 0 Å². The maximum absolute atomic E-state index is 11.5. The summed E-state index contributed by atoms with van der Waals surface area (Å²) in [5.41, 5.74) is -0.104. The molecule has 0 aromatic heterocycles. The maximum Gasteiger partial charge on any atom is 0.519 e. The lowest BCUT2D eigenvalue weighted by Crippen LogP contribution is -2.15. The first-order chi connectivity index (χ1) is 9.16. The Kier molecular flexibility index (Phi) is 3.78. The van der Waals surface area contributed by atoms with E-state index in [1.807, 2.05) is 0 Å². The summed E-state index contributed by atoms with van der Waals surface area (Å²) in [6.07, 6.45) is -0.986. The number of rotatable bonds is 3. The number of carboxylic acids is 1.